The molecule has 2 aromatic carbocycles. The Bertz CT molecular complexity index is 1140. The summed E-state index contributed by atoms with van der Waals surface area (Å²) >= 11 is 0. The van der Waals surface area contributed by atoms with Crippen LogP contribution < -0.4 is 10.9 Å². The van der Waals surface area contributed by atoms with E-state index in [9.17, 15) is 14.4 Å². The van der Waals surface area contributed by atoms with E-state index in [0.29, 0.717) is 41.7 Å². The number of benzene rings is 2. The number of fused-ring (bicyclic) bond motifs is 2. The topological polar surface area (TPSA) is 95.2 Å². The predicted molar refractivity (Wildman–Crippen MR) is 106 cm³/mol. The van der Waals surface area contributed by atoms with Crippen molar-refractivity contribution >= 4 is 28.4 Å². The molecule has 0 aliphatic carbocycles. The van der Waals surface area contributed by atoms with Gasteiger partial charge in [0.1, 0.15) is 5.82 Å². The number of aromatic nitrogens is 2. The molecule has 0 saturated carbocycles. The minimum Gasteiger partial charge on any atom is -0.331 e. The number of nitrogens with zero attached hydrogens (tertiary/aromatic N) is 2. The minimum absolute atomic E-state index is 0.00639. The lowest BCUT2D eigenvalue weighted by Crippen LogP contribution is -2.32. The Morgan fingerprint density at radius 1 is 1.14 bits per heavy atom. The highest BCUT2D eigenvalue weighted by atomic mass is 16.2. The first kappa shape index (κ1) is 17.9. The molecule has 0 bridgehead atoms. The number of amides is 2. The van der Waals surface area contributed by atoms with Crippen molar-refractivity contribution in [2.75, 3.05) is 11.9 Å². The van der Waals surface area contributed by atoms with Crippen molar-refractivity contribution in [1.82, 2.24) is 14.9 Å². The van der Waals surface area contributed by atoms with Crippen LogP contribution in [0.1, 0.15) is 35.1 Å². The molecule has 2 heterocycles. The number of para-hydroxylation sites is 1. The summed E-state index contributed by atoms with van der Waals surface area (Å²) in [5.74, 6) is 0.301. The van der Waals surface area contributed by atoms with Crippen LogP contribution in [0.3, 0.4) is 0 Å². The second-order valence-corrected chi connectivity index (χ2v) is 6.77. The first-order chi connectivity index (χ1) is 13.5. The zero-order valence-electron chi connectivity index (χ0n) is 15.5. The summed E-state index contributed by atoms with van der Waals surface area (Å²) in [6.45, 7) is 2.57. The normalized spacial score (nSPS) is 13.1. The van der Waals surface area contributed by atoms with Gasteiger partial charge < -0.3 is 15.2 Å². The Balaban J connectivity index is 1.60. The molecule has 28 heavy (non-hydrogen) atoms. The van der Waals surface area contributed by atoms with Crippen LogP contribution >= 0.6 is 0 Å². The molecule has 0 fully saturated rings. The van der Waals surface area contributed by atoms with Gasteiger partial charge in [0.25, 0.3) is 11.5 Å². The zero-order chi connectivity index (χ0) is 19.7. The van der Waals surface area contributed by atoms with Crippen LogP contribution in [0.25, 0.3) is 10.9 Å². The van der Waals surface area contributed by atoms with Gasteiger partial charge in [-0.3, -0.25) is 14.4 Å². The van der Waals surface area contributed by atoms with E-state index in [2.05, 4.69) is 15.3 Å². The minimum atomic E-state index is -0.214. The molecule has 4 rings (SSSR count). The van der Waals surface area contributed by atoms with Crippen molar-refractivity contribution < 1.29 is 9.59 Å². The zero-order valence-corrected chi connectivity index (χ0v) is 15.5. The van der Waals surface area contributed by atoms with Crippen molar-refractivity contribution in [3.05, 3.63) is 69.8 Å². The van der Waals surface area contributed by atoms with Crippen molar-refractivity contribution in [3.63, 3.8) is 0 Å². The lowest BCUT2D eigenvalue weighted by molar-refractivity contribution is -0.116. The summed E-state index contributed by atoms with van der Waals surface area (Å²) < 4.78 is 0. The fraction of sp³-hybridized carbons (Fsp3) is 0.238. The summed E-state index contributed by atoms with van der Waals surface area (Å²) in [7, 11) is 0. The van der Waals surface area contributed by atoms with Crippen LogP contribution in [0.5, 0.6) is 0 Å². The number of carbonyl (C=O) groups excluding carboxylic acids is 2. The van der Waals surface area contributed by atoms with Crippen LogP contribution in [0.15, 0.2) is 47.3 Å². The van der Waals surface area contributed by atoms with Gasteiger partial charge >= 0.3 is 0 Å². The number of H-pyrrole nitrogens is 1. The van der Waals surface area contributed by atoms with Crippen LogP contribution in [0.2, 0.25) is 0 Å². The second-order valence-electron chi connectivity index (χ2n) is 6.77. The van der Waals surface area contributed by atoms with E-state index in [1.807, 2.05) is 19.1 Å². The van der Waals surface area contributed by atoms with E-state index in [1.165, 1.54) is 0 Å². The van der Waals surface area contributed by atoms with Gasteiger partial charge in [0, 0.05) is 24.2 Å². The van der Waals surface area contributed by atoms with Crippen LogP contribution in [0, 0.1) is 0 Å². The van der Waals surface area contributed by atoms with Crippen molar-refractivity contribution in [3.8, 4) is 0 Å². The third kappa shape index (κ3) is 3.38. The molecule has 1 aliphatic rings. The highest BCUT2D eigenvalue weighted by molar-refractivity contribution is 5.98. The van der Waals surface area contributed by atoms with E-state index in [-0.39, 0.29) is 23.9 Å². The molecule has 2 N–H and O–H groups in total. The van der Waals surface area contributed by atoms with Gasteiger partial charge in [0.05, 0.1) is 17.4 Å². The molecular formula is C21H20N4O3. The van der Waals surface area contributed by atoms with Crippen molar-refractivity contribution in [2.45, 2.75) is 26.3 Å². The Hall–Kier alpha value is -3.48. The third-order valence-corrected chi connectivity index (χ3v) is 4.92. The fourth-order valence-electron chi connectivity index (χ4n) is 3.42. The van der Waals surface area contributed by atoms with Gasteiger partial charge in [-0.05, 0) is 49.2 Å². The largest absolute Gasteiger partial charge is 0.331 e. The Kier molecular flexibility index (Phi) is 4.65. The van der Waals surface area contributed by atoms with Gasteiger partial charge in [-0.1, -0.05) is 12.1 Å². The summed E-state index contributed by atoms with van der Waals surface area (Å²) in [5, 5.41) is 3.34. The summed E-state index contributed by atoms with van der Waals surface area (Å²) in [5.41, 5.74) is 2.66. The number of aromatic amines is 1. The first-order valence-corrected chi connectivity index (χ1v) is 9.25. The molecule has 7 nitrogen and oxygen atoms in total. The lowest BCUT2D eigenvalue weighted by Gasteiger charge is -2.22. The molecule has 142 valence electrons. The molecule has 0 radical (unpaired) electrons. The molecule has 0 unspecified atom stereocenters. The number of anilines is 1. The number of hydrogen-bond acceptors (Lipinski definition) is 4. The SMILES string of the molecule is CCN(Cc1nc2ccccc2c(=O)[nH]1)C(=O)c1ccc2c(c1)CCC(=O)N2. The summed E-state index contributed by atoms with van der Waals surface area (Å²) in [4.78, 5) is 45.6. The number of rotatable bonds is 4. The van der Waals surface area contributed by atoms with Crippen LogP contribution in [0.4, 0.5) is 5.69 Å². The van der Waals surface area contributed by atoms with E-state index < -0.39 is 0 Å². The summed E-state index contributed by atoms with van der Waals surface area (Å²) in [6, 6.07) is 12.4. The quantitative estimate of drug-likeness (QED) is 0.731. The van der Waals surface area contributed by atoms with Gasteiger partial charge in [0.15, 0.2) is 0 Å². The number of nitrogens with one attached hydrogen (secondary N) is 2. The second kappa shape index (κ2) is 7.26. The summed E-state index contributed by atoms with van der Waals surface area (Å²) in [6.07, 6.45) is 1.04. The molecule has 2 amide bonds. The lowest BCUT2D eigenvalue weighted by atomic mass is 10.00. The molecule has 0 atom stereocenters. The van der Waals surface area contributed by atoms with Crippen LogP contribution in [-0.2, 0) is 17.8 Å². The molecule has 7 heteroatoms. The number of aryl methyl sites for hydroxylation is 1. The Morgan fingerprint density at radius 3 is 2.79 bits per heavy atom. The molecule has 1 aliphatic heterocycles. The number of hydrogen-bond donors (Lipinski definition) is 2. The molecule has 1 aromatic heterocycles. The van der Waals surface area contributed by atoms with Gasteiger partial charge in [-0.15, -0.1) is 0 Å². The molecule has 0 spiro atoms. The molecule has 0 saturated heterocycles. The number of carbonyl (C=O) groups is 2. The average molecular weight is 376 g/mol. The maximum atomic E-state index is 13.0. The van der Waals surface area contributed by atoms with Crippen molar-refractivity contribution in [1.29, 1.82) is 0 Å². The van der Waals surface area contributed by atoms with E-state index in [4.69, 9.17) is 0 Å². The maximum absolute atomic E-state index is 13.0. The molecule has 3 aromatic rings. The van der Waals surface area contributed by atoms with E-state index in [1.54, 1.807) is 35.2 Å². The fourth-order valence-corrected chi connectivity index (χ4v) is 3.42. The maximum Gasteiger partial charge on any atom is 0.258 e. The molecular weight excluding hydrogens is 356 g/mol. The predicted octanol–water partition coefficient (Wildman–Crippen LogP) is 2.47. The van der Waals surface area contributed by atoms with E-state index >= 15 is 0 Å². The highest BCUT2D eigenvalue weighted by Gasteiger charge is 2.20. The van der Waals surface area contributed by atoms with Crippen molar-refractivity contribution in [2.24, 2.45) is 0 Å². The standard InChI is InChI=1S/C21H20N4O3/c1-2-25(12-18-22-17-6-4-3-5-15(17)20(27)24-18)21(28)14-7-9-16-13(11-14)8-10-19(26)23-16/h3-7,9,11H,2,8,10,12H2,1H3,(H,23,26)(H,22,24,27). The monoisotopic (exact) mass is 376 g/mol. The first-order valence-electron chi connectivity index (χ1n) is 9.25. The average Bonchev–Trinajstić information content (AvgIpc) is 2.71. The highest BCUT2D eigenvalue weighted by Crippen LogP contribution is 2.24. The van der Waals surface area contributed by atoms with Gasteiger partial charge in [0.2, 0.25) is 5.91 Å². The third-order valence-electron chi connectivity index (χ3n) is 4.92. The van der Waals surface area contributed by atoms with E-state index in [0.717, 1.165) is 11.3 Å². The van der Waals surface area contributed by atoms with Crippen LogP contribution in [-0.4, -0.2) is 33.2 Å². The Morgan fingerprint density at radius 2 is 1.96 bits per heavy atom. The Labute approximate surface area is 161 Å². The van der Waals surface area contributed by atoms with Gasteiger partial charge in [-0.25, -0.2) is 4.98 Å². The smallest absolute Gasteiger partial charge is 0.258 e. The van der Waals surface area contributed by atoms with Gasteiger partial charge in [-0.2, -0.15) is 0 Å².